The van der Waals surface area contributed by atoms with Gasteiger partial charge in [0.25, 0.3) is 0 Å². The fourth-order valence-electron chi connectivity index (χ4n) is 3.17. The molecule has 1 aromatic heterocycles. The molecular formula is C21H20F2N4O. The number of nitrogens with zero attached hydrogens (tertiary/aromatic N) is 4. The second-order valence-electron chi connectivity index (χ2n) is 6.70. The van der Waals surface area contributed by atoms with Crippen LogP contribution in [0.2, 0.25) is 0 Å². The summed E-state index contributed by atoms with van der Waals surface area (Å²) in [5, 5.41) is 0. The Balaban J connectivity index is 1.42. The zero-order chi connectivity index (χ0) is 19.5. The number of halogens is 2. The van der Waals surface area contributed by atoms with Crippen LogP contribution in [-0.4, -0.2) is 36.1 Å². The van der Waals surface area contributed by atoms with Crippen LogP contribution in [0.1, 0.15) is 5.56 Å². The first-order chi connectivity index (χ1) is 13.6. The van der Waals surface area contributed by atoms with Crippen LogP contribution in [0.4, 0.5) is 20.3 Å². The third kappa shape index (κ3) is 4.03. The molecule has 0 bridgehead atoms. The van der Waals surface area contributed by atoms with Crippen molar-refractivity contribution in [1.29, 1.82) is 0 Å². The lowest BCUT2D eigenvalue weighted by Gasteiger charge is -2.36. The number of benzene rings is 2. The highest BCUT2D eigenvalue weighted by atomic mass is 19.2. The fraction of sp³-hybridized carbons (Fsp3) is 0.238. The molecule has 144 valence electrons. The van der Waals surface area contributed by atoms with Gasteiger partial charge in [0.15, 0.2) is 11.6 Å². The Morgan fingerprint density at radius 3 is 2.25 bits per heavy atom. The zero-order valence-electron chi connectivity index (χ0n) is 15.5. The van der Waals surface area contributed by atoms with Gasteiger partial charge in [-0.25, -0.2) is 18.7 Å². The number of ether oxygens (including phenoxy) is 1. The Morgan fingerprint density at radius 1 is 0.821 bits per heavy atom. The van der Waals surface area contributed by atoms with E-state index in [9.17, 15) is 8.78 Å². The molecule has 2 aromatic carbocycles. The summed E-state index contributed by atoms with van der Waals surface area (Å²) in [7, 11) is 0. The number of aryl methyl sites for hydroxylation is 1. The van der Waals surface area contributed by atoms with Crippen LogP contribution in [0.25, 0.3) is 0 Å². The molecule has 1 saturated heterocycles. The number of hydrogen-bond acceptors (Lipinski definition) is 5. The van der Waals surface area contributed by atoms with E-state index < -0.39 is 11.6 Å². The van der Waals surface area contributed by atoms with Gasteiger partial charge in [0.05, 0.1) is 0 Å². The third-order valence-corrected chi connectivity index (χ3v) is 4.74. The van der Waals surface area contributed by atoms with E-state index in [1.807, 2.05) is 0 Å². The van der Waals surface area contributed by atoms with Gasteiger partial charge in [-0.1, -0.05) is 17.7 Å². The third-order valence-electron chi connectivity index (χ3n) is 4.74. The zero-order valence-corrected chi connectivity index (χ0v) is 15.5. The molecule has 1 aliphatic heterocycles. The Kier molecular flexibility index (Phi) is 5.06. The summed E-state index contributed by atoms with van der Waals surface area (Å²) in [6.07, 6.45) is 1.41. The van der Waals surface area contributed by atoms with Crippen molar-refractivity contribution in [3.63, 3.8) is 0 Å². The van der Waals surface area contributed by atoms with E-state index in [-0.39, 0.29) is 11.6 Å². The van der Waals surface area contributed by atoms with Gasteiger partial charge in [-0.15, -0.1) is 0 Å². The molecule has 0 saturated carbocycles. The molecule has 0 amide bonds. The molecule has 28 heavy (non-hydrogen) atoms. The van der Waals surface area contributed by atoms with Crippen molar-refractivity contribution in [2.24, 2.45) is 0 Å². The average molecular weight is 382 g/mol. The maximum absolute atomic E-state index is 13.4. The molecule has 0 unspecified atom stereocenters. The van der Waals surface area contributed by atoms with Gasteiger partial charge in [0, 0.05) is 44.0 Å². The van der Waals surface area contributed by atoms with Crippen LogP contribution in [-0.2, 0) is 0 Å². The van der Waals surface area contributed by atoms with Crippen molar-refractivity contribution in [3.8, 4) is 11.6 Å². The summed E-state index contributed by atoms with van der Waals surface area (Å²) in [5.41, 5.74) is 2.47. The maximum atomic E-state index is 13.4. The number of hydrogen-bond donors (Lipinski definition) is 0. The Hall–Kier alpha value is -3.22. The quantitative estimate of drug-likeness (QED) is 0.677. The highest BCUT2D eigenvalue weighted by Crippen LogP contribution is 2.25. The van der Waals surface area contributed by atoms with E-state index in [1.54, 1.807) is 6.07 Å². The largest absolute Gasteiger partial charge is 0.439 e. The molecule has 5 nitrogen and oxygen atoms in total. The van der Waals surface area contributed by atoms with Crippen molar-refractivity contribution in [2.45, 2.75) is 6.92 Å². The summed E-state index contributed by atoms with van der Waals surface area (Å²) in [5.74, 6) is -0.651. The van der Waals surface area contributed by atoms with Gasteiger partial charge in [-0.05, 0) is 31.2 Å². The van der Waals surface area contributed by atoms with Crippen LogP contribution in [0.3, 0.4) is 0 Å². The average Bonchev–Trinajstić information content (AvgIpc) is 2.72. The standard InChI is InChI=1S/C21H20F2N4O/c1-15-2-4-16(5-3-15)26-8-10-27(11-9-26)20-13-21(25-14-24-20)28-17-6-7-18(22)19(23)12-17/h2-7,12-14H,8-11H2,1H3. The van der Waals surface area contributed by atoms with Gasteiger partial charge < -0.3 is 14.5 Å². The molecule has 0 spiro atoms. The van der Waals surface area contributed by atoms with E-state index in [1.165, 1.54) is 23.6 Å². The van der Waals surface area contributed by atoms with Gasteiger partial charge in [-0.3, -0.25) is 0 Å². The lowest BCUT2D eigenvalue weighted by Crippen LogP contribution is -2.46. The minimum absolute atomic E-state index is 0.188. The molecule has 0 N–H and O–H groups in total. The highest BCUT2D eigenvalue weighted by molar-refractivity contribution is 5.50. The van der Waals surface area contributed by atoms with Crippen LogP contribution < -0.4 is 14.5 Å². The van der Waals surface area contributed by atoms with Crippen LogP contribution >= 0.6 is 0 Å². The molecule has 4 rings (SSSR count). The molecule has 2 heterocycles. The van der Waals surface area contributed by atoms with Crippen molar-refractivity contribution < 1.29 is 13.5 Å². The lowest BCUT2D eigenvalue weighted by molar-refractivity contribution is 0.446. The predicted octanol–water partition coefficient (Wildman–Crippen LogP) is 4.18. The number of aromatic nitrogens is 2. The van der Waals surface area contributed by atoms with E-state index in [0.717, 1.165) is 44.1 Å². The summed E-state index contributed by atoms with van der Waals surface area (Å²) in [6, 6.07) is 13.6. The summed E-state index contributed by atoms with van der Waals surface area (Å²) in [6.45, 7) is 5.47. The first kappa shape index (κ1) is 18.2. The highest BCUT2D eigenvalue weighted by Gasteiger charge is 2.19. The SMILES string of the molecule is Cc1ccc(N2CCN(c3cc(Oc4ccc(F)c(F)c4)ncn3)CC2)cc1. The van der Waals surface area contributed by atoms with Gasteiger partial charge in [0.2, 0.25) is 5.88 Å². The predicted molar refractivity (Wildman–Crippen MR) is 104 cm³/mol. The normalized spacial score (nSPS) is 14.2. The molecular weight excluding hydrogens is 362 g/mol. The molecule has 0 aliphatic carbocycles. The van der Waals surface area contributed by atoms with Crippen molar-refractivity contribution in [1.82, 2.24) is 9.97 Å². The molecule has 0 radical (unpaired) electrons. The first-order valence-electron chi connectivity index (χ1n) is 9.10. The summed E-state index contributed by atoms with van der Waals surface area (Å²) < 4.78 is 32.0. The smallest absolute Gasteiger partial charge is 0.224 e. The van der Waals surface area contributed by atoms with Gasteiger partial charge >= 0.3 is 0 Å². The first-order valence-corrected chi connectivity index (χ1v) is 9.10. The van der Waals surface area contributed by atoms with Crippen LogP contribution in [0.5, 0.6) is 11.6 Å². The summed E-state index contributed by atoms with van der Waals surface area (Å²) in [4.78, 5) is 12.9. The van der Waals surface area contributed by atoms with Crippen LogP contribution in [0.15, 0.2) is 54.9 Å². The van der Waals surface area contributed by atoms with Crippen molar-refractivity contribution in [2.75, 3.05) is 36.0 Å². The summed E-state index contributed by atoms with van der Waals surface area (Å²) >= 11 is 0. The van der Waals surface area contributed by atoms with Crippen molar-refractivity contribution in [3.05, 3.63) is 72.1 Å². The Morgan fingerprint density at radius 2 is 1.54 bits per heavy atom. The molecule has 7 heteroatoms. The second-order valence-corrected chi connectivity index (χ2v) is 6.70. The molecule has 0 atom stereocenters. The molecule has 1 aliphatic rings. The van der Waals surface area contributed by atoms with E-state index in [4.69, 9.17) is 4.74 Å². The topological polar surface area (TPSA) is 41.5 Å². The molecule has 1 fully saturated rings. The van der Waals surface area contributed by atoms with Gasteiger partial charge in [-0.2, -0.15) is 0 Å². The van der Waals surface area contributed by atoms with Gasteiger partial charge in [0.1, 0.15) is 17.9 Å². The van der Waals surface area contributed by atoms with E-state index >= 15 is 0 Å². The number of anilines is 2. The monoisotopic (exact) mass is 382 g/mol. The number of piperazine rings is 1. The van der Waals surface area contributed by atoms with E-state index in [2.05, 4.69) is 51.0 Å². The second kappa shape index (κ2) is 7.80. The molecule has 3 aromatic rings. The van der Waals surface area contributed by atoms with Crippen LogP contribution in [0, 0.1) is 18.6 Å². The maximum Gasteiger partial charge on any atom is 0.224 e. The van der Waals surface area contributed by atoms with Crippen molar-refractivity contribution >= 4 is 11.5 Å². The lowest BCUT2D eigenvalue weighted by atomic mass is 10.2. The number of rotatable bonds is 4. The minimum Gasteiger partial charge on any atom is -0.439 e. The Bertz CT molecular complexity index is 957. The van der Waals surface area contributed by atoms with E-state index in [0.29, 0.717) is 0 Å². The fourth-order valence-corrected chi connectivity index (χ4v) is 3.17. The Labute approximate surface area is 162 Å². The minimum atomic E-state index is -0.959.